The molecular formula is C22H32ClNO. The van der Waals surface area contributed by atoms with E-state index >= 15 is 0 Å². The number of carbonyl (C=O) groups is 1. The van der Waals surface area contributed by atoms with E-state index in [-0.39, 0.29) is 11.3 Å². The molecule has 0 bridgehead atoms. The van der Waals surface area contributed by atoms with Crippen molar-refractivity contribution in [2.75, 3.05) is 11.4 Å². The quantitative estimate of drug-likeness (QED) is 0.591. The van der Waals surface area contributed by atoms with Crippen molar-refractivity contribution in [1.29, 1.82) is 0 Å². The summed E-state index contributed by atoms with van der Waals surface area (Å²) in [7, 11) is 0. The number of rotatable bonds is 6. The lowest BCUT2D eigenvalue weighted by molar-refractivity contribution is -0.123. The first-order valence-electron chi connectivity index (χ1n) is 10.2. The monoisotopic (exact) mass is 361 g/mol. The minimum absolute atomic E-state index is 0.153. The van der Waals surface area contributed by atoms with E-state index < -0.39 is 0 Å². The SMILES string of the molecule is CCCCC1CCC(C(=O)N2CCc3cc(CC(C)Cl)ccc32)CC1. The van der Waals surface area contributed by atoms with Gasteiger partial charge in [-0.15, -0.1) is 11.6 Å². The second kappa shape index (κ2) is 8.58. The number of halogens is 1. The Hall–Kier alpha value is -1.02. The van der Waals surface area contributed by atoms with E-state index in [0.717, 1.165) is 43.8 Å². The van der Waals surface area contributed by atoms with Crippen molar-refractivity contribution in [3.8, 4) is 0 Å². The fraction of sp³-hybridized carbons (Fsp3) is 0.682. The summed E-state index contributed by atoms with van der Waals surface area (Å²) in [6.07, 6.45) is 10.5. The summed E-state index contributed by atoms with van der Waals surface area (Å²) in [6.45, 7) is 5.14. The summed E-state index contributed by atoms with van der Waals surface area (Å²) in [5.41, 5.74) is 3.75. The van der Waals surface area contributed by atoms with Crippen LogP contribution in [0.4, 0.5) is 5.69 Å². The highest BCUT2D eigenvalue weighted by Crippen LogP contribution is 2.36. The van der Waals surface area contributed by atoms with Gasteiger partial charge in [-0.1, -0.05) is 38.3 Å². The van der Waals surface area contributed by atoms with E-state index in [4.69, 9.17) is 11.6 Å². The van der Waals surface area contributed by atoms with Crippen LogP contribution < -0.4 is 4.90 Å². The van der Waals surface area contributed by atoms with Crippen molar-refractivity contribution in [2.24, 2.45) is 11.8 Å². The molecule has 1 amide bonds. The van der Waals surface area contributed by atoms with Crippen LogP contribution in [0.2, 0.25) is 0 Å². The Morgan fingerprint density at radius 1 is 1.28 bits per heavy atom. The molecule has 0 spiro atoms. The average molecular weight is 362 g/mol. The van der Waals surface area contributed by atoms with E-state index in [1.165, 1.54) is 43.2 Å². The highest BCUT2D eigenvalue weighted by Gasteiger charge is 2.32. The molecule has 1 aromatic rings. The predicted molar refractivity (Wildman–Crippen MR) is 106 cm³/mol. The molecule has 1 fully saturated rings. The number of anilines is 1. The molecule has 1 unspecified atom stereocenters. The van der Waals surface area contributed by atoms with Crippen LogP contribution in [0.1, 0.15) is 69.9 Å². The van der Waals surface area contributed by atoms with Crippen LogP contribution in [0.15, 0.2) is 18.2 Å². The summed E-state index contributed by atoms with van der Waals surface area (Å²) >= 11 is 6.12. The van der Waals surface area contributed by atoms with Gasteiger partial charge in [0.2, 0.25) is 5.91 Å². The molecule has 0 saturated heterocycles. The second-order valence-electron chi connectivity index (χ2n) is 8.05. The summed E-state index contributed by atoms with van der Waals surface area (Å²) in [5, 5.41) is 0.153. The smallest absolute Gasteiger partial charge is 0.230 e. The third kappa shape index (κ3) is 4.58. The Bertz CT molecular complexity index is 590. The van der Waals surface area contributed by atoms with Gasteiger partial charge in [0.15, 0.2) is 0 Å². The van der Waals surface area contributed by atoms with Gasteiger partial charge in [0.25, 0.3) is 0 Å². The zero-order chi connectivity index (χ0) is 17.8. The number of fused-ring (bicyclic) bond motifs is 1. The maximum absolute atomic E-state index is 13.1. The van der Waals surface area contributed by atoms with Gasteiger partial charge in [0, 0.05) is 23.5 Å². The molecule has 1 atom stereocenters. The summed E-state index contributed by atoms with van der Waals surface area (Å²) in [4.78, 5) is 15.1. The van der Waals surface area contributed by atoms with Crippen LogP contribution in [0.25, 0.3) is 0 Å². The topological polar surface area (TPSA) is 20.3 Å². The lowest BCUT2D eigenvalue weighted by atomic mass is 9.79. The molecule has 1 aromatic carbocycles. The maximum atomic E-state index is 13.1. The number of benzene rings is 1. The number of alkyl halides is 1. The third-order valence-corrected chi connectivity index (χ3v) is 6.14. The second-order valence-corrected chi connectivity index (χ2v) is 8.79. The van der Waals surface area contributed by atoms with Crippen molar-refractivity contribution in [2.45, 2.75) is 77.0 Å². The number of amides is 1. The molecule has 3 rings (SSSR count). The lowest BCUT2D eigenvalue weighted by Crippen LogP contribution is -2.36. The molecule has 25 heavy (non-hydrogen) atoms. The number of hydrogen-bond donors (Lipinski definition) is 0. The Labute approximate surface area is 157 Å². The highest BCUT2D eigenvalue weighted by molar-refractivity contribution is 6.20. The minimum atomic E-state index is 0.153. The van der Waals surface area contributed by atoms with Gasteiger partial charge in [-0.25, -0.2) is 0 Å². The molecule has 3 heteroatoms. The molecule has 1 heterocycles. The van der Waals surface area contributed by atoms with Crippen molar-refractivity contribution < 1.29 is 4.79 Å². The molecule has 0 radical (unpaired) electrons. The molecule has 2 nitrogen and oxygen atoms in total. The molecule has 1 aliphatic carbocycles. The fourth-order valence-corrected chi connectivity index (χ4v) is 4.73. The Balaban J connectivity index is 1.60. The average Bonchev–Trinajstić information content (AvgIpc) is 3.02. The molecule has 0 N–H and O–H groups in total. The van der Waals surface area contributed by atoms with Crippen molar-refractivity contribution in [1.82, 2.24) is 0 Å². The largest absolute Gasteiger partial charge is 0.312 e. The van der Waals surface area contributed by atoms with E-state index in [0.29, 0.717) is 5.91 Å². The Morgan fingerprint density at radius 2 is 2.04 bits per heavy atom. The molecular weight excluding hydrogens is 330 g/mol. The summed E-state index contributed by atoms with van der Waals surface area (Å²) in [5.74, 6) is 1.47. The summed E-state index contributed by atoms with van der Waals surface area (Å²) < 4.78 is 0. The first kappa shape index (κ1) is 18.8. The number of nitrogens with zero attached hydrogens (tertiary/aromatic N) is 1. The van der Waals surface area contributed by atoms with Crippen LogP contribution >= 0.6 is 11.6 Å². The van der Waals surface area contributed by atoms with Crippen molar-refractivity contribution >= 4 is 23.2 Å². The lowest BCUT2D eigenvalue weighted by Gasteiger charge is -2.30. The van der Waals surface area contributed by atoms with Crippen molar-refractivity contribution in [3.63, 3.8) is 0 Å². The van der Waals surface area contributed by atoms with Crippen LogP contribution in [0.5, 0.6) is 0 Å². The van der Waals surface area contributed by atoms with Crippen LogP contribution in [-0.4, -0.2) is 17.8 Å². The number of hydrogen-bond acceptors (Lipinski definition) is 1. The van der Waals surface area contributed by atoms with Gasteiger partial charge in [-0.2, -0.15) is 0 Å². The zero-order valence-corrected chi connectivity index (χ0v) is 16.5. The fourth-order valence-electron chi connectivity index (χ4n) is 4.55. The van der Waals surface area contributed by atoms with Gasteiger partial charge in [-0.05, 0) is 68.6 Å². The van der Waals surface area contributed by atoms with Crippen molar-refractivity contribution in [3.05, 3.63) is 29.3 Å². The minimum Gasteiger partial charge on any atom is -0.312 e. The summed E-state index contributed by atoms with van der Waals surface area (Å²) in [6, 6.07) is 6.54. The van der Waals surface area contributed by atoms with Gasteiger partial charge < -0.3 is 4.90 Å². The highest BCUT2D eigenvalue weighted by atomic mass is 35.5. The Kier molecular flexibility index (Phi) is 6.44. The van der Waals surface area contributed by atoms with Gasteiger partial charge in [0.1, 0.15) is 0 Å². The molecule has 2 aliphatic rings. The van der Waals surface area contributed by atoms with Gasteiger partial charge in [0.05, 0.1) is 0 Å². The third-order valence-electron chi connectivity index (χ3n) is 5.98. The number of unbranched alkanes of at least 4 members (excludes halogenated alkanes) is 1. The molecule has 1 aliphatic heterocycles. The van der Waals surface area contributed by atoms with E-state index in [2.05, 4.69) is 30.0 Å². The number of carbonyl (C=O) groups excluding carboxylic acids is 1. The van der Waals surface area contributed by atoms with Gasteiger partial charge >= 0.3 is 0 Å². The van der Waals surface area contributed by atoms with E-state index in [1.807, 2.05) is 6.92 Å². The molecule has 138 valence electrons. The van der Waals surface area contributed by atoms with Gasteiger partial charge in [-0.3, -0.25) is 4.79 Å². The normalized spacial score (nSPS) is 24.2. The van der Waals surface area contributed by atoms with E-state index in [1.54, 1.807) is 0 Å². The first-order valence-corrected chi connectivity index (χ1v) is 10.6. The maximum Gasteiger partial charge on any atom is 0.230 e. The molecule has 0 aromatic heterocycles. The predicted octanol–water partition coefficient (Wildman–Crippen LogP) is 5.74. The zero-order valence-electron chi connectivity index (χ0n) is 15.8. The standard InChI is InChI=1S/C22H32ClNO/c1-3-4-5-17-6-9-19(10-7-17)22(25)24-13-12-20-15-18(14-16(2)23)8-11-21(20)24/h8,11,15-17,19H,3-7,9-10,12-14H2,1-2H3. The van der Waals surface area contributed by atoms with Crippen LogP contribution in [0.3, 0.4) is 0 Å². The first-order chi connectivity index (χ1) is 12.1. The van der Waals surface area contributed by atoms with Crippen LogP contribution in [0, 0.1) is 11.8 Å². The Morgan fingerprint density at radius 3 is 2.72 bits per heavy atom. The van der Waals surface area contributed by atoms with E-state index in [9.17, 15) is 4.79 Å². The molecule has 1 saturated carbocycles. The van der Waals surface area contributed by atoms with Crippen LogP contribution in [-0.2, 0) is 17.6 Å².